The Balaban J connectivity index is 1.25. The molecule has 2 aliphatic rings. The second-order valence-electron chi connectivity index (χ2n) is 8.12. The van der Waals surface area contributed by atoms with E-state index in [2.05, 4.69) is 39.2 Å². The lowest BCUT2D eigenvalue weighted by Gasteiger charge is -2.38. The van der Waals surface area contributed by atoms with Gasteiger partial charge in [-0.25, -0.2) is 4.98 Å². The fourth-order valence-corrected chi connectivity index (χ4v) is 4.25. The number of likely N-dealkylation sites (tertiary alicyclic amines) is 1. The van der Waals surface area contributed by atoms with E-state index >= 15 is 0 Å². The molecule has 0 unspecified atom stereocenters. The molecule has 162 valence electrons. The summed E-state index contributed by atoms with van der Waals surface area (Å²) in [4.78, 5) is 39.9. The minimum absolute atomic E-state index is 0.126. The molecule has 0 bridgehead atoms. The zero-order chi connectivity index (χ0) is 21.5. The Morgan fingerprint density at radius 3 is 2.55 bits per heavy atom. The van der Waals surface area contributed by atoms with E-state index in [4.69, 9.17) is 0 Å². The van der Waals surface area contributed by atoms with Crippen molar-refractivity contribution >= 4 is 17.9 Å². The van der Waals surface area contributed by atoms with Gasteiger partial charge in [0, 0.05) is 58.2 Å². The molecule has 4 rings (SSSR count). The van der Waals surface area contributed by atoms with Crippen molar-refractivity contribution in [1.82, 2.24) is 24.7 Å². The van der Waals surface area contributed by atoms with Crippen LogP contribution in [0.15, 0.2) is 55.0 Å². The molecule has 2 aromatic rings. The quantitative estimate of drug-likeness (QED) is 0.743. The van der Waals surface area contributed by atoms with Crippen LogP contribution in [0.25, 0.3) is 6.08 Å². The van der Waals surface area contributed by atoms with Crippen LogP contribution in [-0.2, 0) is 4.79 Å². The van der Waals surface area contributed by atoms with E-state index < -0.39 is 0 Å². The van der Waals surface area contributed by atoms with Crippen molar-refractivity contribution in [3.8, 4) is 0 Å². The molecule has 0 N–H and O–H groups in total. The largest absolute Gasteiger partial charge is 0.340 e. The van der Waals surface area contributed by atoms with Gasteiger partial charge in [-0.15, -0.1) is 0 Å². The molecule has 1 aromatic carbocycles. The summed E-state index contributed by atoms with van der Waals surface area (Å²) < 4.78 is 0. The maximum atomic E-state index is 13.1. The van der Waals surface area contributed by atoms with Gasteiger partial charge >= 0.3 is 0 Å². The summed E-state index contributed by atoms with van der Waals surface area (Å²) in [5, 5.41) is 0. The minimum Gasteiger partial charge on any atom is -0.340 e. The van der Waals surface area contributed by atoms with E-state index in [9.17, 15) is 9.59 Å². The molecule has 0 spiro atoms. The summed E-state index contributed by atoms with van der Waals surface area (Å²) in [7, 11) is 0. The Morgan fingerprint density at radius 2 is 1.81 bits per heavy atom. The molecular weight excluding hydrogens is 390 g/mol. The lowest BCUT2D eigenvalue weighted by atomic mass is 9.96. The van der Waals surface area contributed by atoms with Crippen LogP contribution in [0.1, 0.15) is 28.9 Å². The predicted molar refractivity (Wildman–Crippen MR) is 119 cm³/mol. The van der Waals surface area contributed by atoms with Crippen molar-refractivity contribution in [2.45, 2.75) is 12.8 Å². The van der Waals surface area contributed by atoms with Gasteiger partial charge in [-0.1, -0.05) is 42.5 Å². The molecule has 2 aliphatic heterocycles. The molecule has 7 heteroatoms. The number of carbonyl (C=O) groups excluding carboxylic acids is 2. The molecule has 31 heavy (non-hydrogen) atoms. The first-order chi connectivity index (χ1) is 15.2. The van der Waals surface area contributed by atoms with E-state index in [-0.39, 0.29) is 17.7 Å². The average Bonchev–Trinajstić information content (AvgIpc) is 2.85. The number of hydrogen-bond acceptors (Lipinski definition) is 5. The van der Waals surface area contributed by atoms with Crippen molar-refractivity contribution < 1.29 is 9.59 Å². The monoisotopic (exact) mass is 419 g/mol. The van der Waals surface area contributed by atoms with Crippen molar-refractivity contribution in [2.24, 2.45) is 5.92 Å². The number of benzene rings is 1. The SMILES string of the molecule is O=C(c1cnccn1)N1CCC[C@H](C(=O)N2CCN(C/C=C/c3ccccc3)CC2)C1. The maximum Gasteiger partial charge on any atom is 0.274 e. The first kappa shape index (κ1) is 21.2. The smallest absolute Gasteiger partial charge is 0.274 e. The molecule has 2 amide bonds. The van der Waals surface area contributed by atoms with Crippen LogP contribution in [0.5, 0.6) is 0 Å². The molecule has 7 nitrogen and oxygen atoms in total. The summed E-state index contributed by atoms with van der Waals surface area (Å²) in [5.74, 6) is -0.0874. The second kappa shape index (κ2) is 10.3. The number of hydrogen-bond donors (Lipinski definition) is 0. The van der Waals surface area contributed by atoms with E-state index in [1.54, 1.807) is 11.1 Å². The first-order valence-corrected chi connectivity index (χ1v) is 11.0. The van der Waals surface area contributed by atoms with Crippen molar-refractivity contribution in [3.05, 3.63) is 66.3 Å². The van der Waals surface area contributed by atoms with Crippen molar-refractivity contribution in [1.29, 1.82) is 0 Å². The molecule has 0 aliphatic carbocycles. The summed E-state index contributed by atoms with van der Waals surface area (Å²) in [6.45, 7) is 5.26. The van der Waals surface area contributed by atoms with Gasteiger partial charge in [-0.3, -0.25) is 19.5 Å². The molecular formula is C24H29N5O2. The maximum absolute atomic E-state index is 13.1. The average molecular weight is 420 g/mol. The van der Waals surface area contributed by atoms with Gasteiger partial charge in [0.25, 0.3) is 5.91 Å². The van der Waals surface area contributed by atoms with Crippen LogP contribution in [-0.4, -0.2) is 82.3 Å². The van der Waals surface area contributed by atoms with Crippen LogP contribution in [0.2, 0.25) is 0 Å². The Hall–Kier alpha value is -3.06. The van der Waals surface area contributed by atoms with E-state index in [1.165, 1.54) is 18.0 Å². The second-order valence-corrected chi connectivity index (χ2v) is 8.12. The van der Waals surface area contributed by atoms with Gasteiger partial charge in [0.05, 0.1) is 12.1 Å². The number of piperidine rings is 1. The molecule has 2 saturated heterocycles. The third-order valence-electron chi connectivity index (χ3n) is 6.00. The van der Waals surface area contributed by atoms with Crippen LogP contribution in [0.3, 0.4) is 0 Å². The number of aromatic nitrogens is 2. The van der Waals surface area contributed by atoms with Gasteiger partial charge in [-0.05, 0) is 18.4 Å². The van der Waals surface area contributed by atoms with Crippen LogP contribution < -0.4 is 0 Å². The number of piperazine rings is 1. The van der Waals surface area contributed by atoms with Gasteiger partial charge in [0.1, 0.15) is 5.69 Å². The van der Waals surface area contributed by atoms with Crippen LogP contribution in [0, 0.1) is 5.92 Å². The first-order valence-electron chi connectivity index (χ1n) is 11.0. The fraction of sp³-hybridized carbons (Fsp3) is 0.417. The number of nitrogens with zero attached hydrogens (tertiary/aromatic N) is 5. The molecule has 2 fully saturated rings. The molecule has 1 atom stereocenters. The Kier molecular flexibility index (Phi) is 7.04. The summed E-state index contributed by atoms with van der Waals surface area (Å²) in [5.41, 5.74) is 1.54. The Bertz CT molecular complexity index is 895. The summed E-state index contributed by atoms with van der Waals surface area (Å²) in [6.07, 6.45) is 10.6. The molecule has 0 saturated carbocycles. The van der Waals surface area contributed by atoms with Crippen LogP contribution >= 0.6 is 0 Å². The van der Waals surface area contributed by atoms with Crippen molar-refractivity contribution in [2.75, 3.05) is 45.8 Å². The highest BCUT2D eigenvalue weighted by atomic mass is 16.2. The predicted octanol–water partition coefficient (Wildman–Crippen LogP) is 2.19. The number of carbonyl (C=O) groups is 2. The highest BCUT2D eigenvalue weighted by Gasteiger charge is 2.33. The lowest BCUT2D eigenvalue weighted by Crippen LogP contribution is -2.53. The summed E-state index contributed by atoms with van der Waals surface area (Å²) >= 11 is 0. The Morgan fingerprint density at radius 1 is 1.00 bits per heavy atom. The van der Waals surface area contributed by atoms with E-state index in [0.717, 1.165) is 45.6 Å². The topological polar surface area (TPSA) is 69.6 Å². The lowest BCUT2D eigenvalue weighted by molar-refractivity contribution is -0.138. The minimum atomic E-state index is -0.138. The zero-order valence-electron chi connectivity index (χ0n) is 17.8. The zero-order valence-corrected chi connectivity index (χ0v) is 17.8. The fourth-order valence-electron chi connectivity index (χ4n) is 4.25. The third kappa shape index (κ3) is 5.55. The number of amides is 2. The van der Waals surface area contributed by atoms with Gasteiger partial charge in [-0.2, -0.15) is 0 Å². The summed E-state index contributed by atoms with van der Waals surface area (Å²) in [6, 6.07) is 10.3. The van der Waals surface area contributed by atoms with Gasteiger partial charge in [0.15, 0.2) is 0 Å². The number of rotatable bonds is 5. The highest BCUT2D eigenvalue weighted by Crippen LogP contribution is 2.21. The highest BCUT2D eigenvalue weighted by molar-refractivity contribution is 5.92. The molecule has 1 aromatic heterocycles. The third-order valence-corrected chi connectivity index (χ3v) is 6.00. The van der Waals surface area contributed by atoms with E-state index in [0.29, 0.717) is 18.8 Å². The van der Waals surface area contributed by atoms with E-state index in [1.807, 2.05) is 23.1 Å². The van der Waals surface area contributed by atoms with Gasteiger partial charge in [0.2, 0.25) is 5.91 Å². The van der Waals surface area contributed by atoms with Gasteiger partial charge < -0.3 is 9.80 Å². The standard InChI is InChI=1S/C24H29N5O2/c30-23(21-9-5-13-29(19-21)24(31)22-18-25-10-11-26-22)28-16-14-27(15-17-28)12-4-8-20-6-2-1-3-7-20/h1-4,6-8,10-11,18,21H,5,9,12-17,19H2/b8-4+/t21-/m0/s1. The Labute approximate surface area is 183 Å². The van der Waals surface area contributed by atoms with Crippen LogP contribution in [0.4, 0.5) is 0 Å². The molecule has 0 radical (unpaired) electrons. The van der Waals surface area contributed by atoms with Crippen molar-refractivity contribution in [3.63, 3.8) is 0 Å². The normalized spacial score (nSPS) is 20.2. The molecule has 3 heterocycles.